The van der Waals surface area contributed by atoms with Gasteiger partial charge in [-0.3, -0.25) is 15.0 Å². The molecule has 0 saturated heterocycles. The lowest BCUT2D eigenvalue weighted by atomic mass is 10.1. The SMILES string of the molecule is CCCNNC(=O)c1ccc(CNC(=O)c2cc3cc(F)ccc3o2)cc1. The van der Waals surface area contributed by atoms with Gasteiger partial charge in [-0.2, -0.15) is 0 Å². The molecule has 140 valence electrons. The second-order valence-electron chi connectivity index (χ2n) is 6.05. The van der Waals surface area contributed by atoms with Crippen LogP contribution in [0.5, 0.6) is 0 Å². The zero-order valence-corrected chi connectivity index (χ0v) is 14.8. The summed E-state index contributed by atoms with van der Waals surface area (Å²) >= 11 is 0. The van der Waals surface area contributed by atoms with Gasteiger partial charge in [-0.1, -0.05) is 19.1 Å². The van der Waals surface area contributed by atoms with Gasteiger partial charge in [0, 0.05) is 24.0 Å². The summed E-state index contributed by atoms with van der Waals surface area (Å²) in [4.78, 5) is 24.1. The van der Waals surface area contributed by atoms with Crippen LogP contribution in [0.4, 0.5) is 4.39 Å². The standard InChI is InChI=1S/C20H20FN3O3/c1-2-9-23-24-19(25)14-5-3-13(4-6-14)12-22-20(26)18-11-15-10-16(21)7-8-17(15)27-18/h3-8,10-11,23H,2,9,12H2,1H3,(H,22,26)(H,24,25). The lowest BCUT2D eigenvalue weighted by molar-refractivity contribution is 0.0919. The van der Waals surface area contributed by atoms with E-state index < -0.39 is 5.91 Å². The van der Waals surface area contributed by atoms with E-state index in [-0.39, 0.29) is 24.0 Å². The molecule has 0 aliphatic rings. The molecule has 2 aromatic carbocycles. The first-order chi connectivity index (χ1) is 13.1. The van der Waals surface area contributed by atoms with Crippen LogP contribution in [0.1, 0.15) is 39.8 Å². The van der Waals surface area contributed by atoms with E-state index in [1.165, 1.54) is 24.3 Å². The molecular formula is C20H20FN3O3. The van der Waals surface area contributed by atoms with Gasteiger partial charge in [0.2, 0.25) is 0 Å². The van der Waals surface area contributed by atoms with Gasteiger partial charge in [0.15, 0.2) is 5.76 Å². The molecule has 1 aromatic heterocycles. The molecule has 3 rings (SSSR count). The van der Waals surface area contributed by atoms with Crippen LogP contribution in [0.25, 0.3) is 11.0 Å². The Labute approximate surface area is 155 Å². The maximum Gasteiger partial charge on any atom is 0.287 e. The van der Waals surface area contributed by atoms with Crippen molar-refractivity contribution in [2.45, 2.75) is 19.9 Å². The highest BCUT2D eigenvalue weighted by Crippen LogP contribution is 2.20. The van der Waals surface area contributed by atoms with E-state index in [1.54, 1.807) is 24.3 Å². The van der Waals surface area contributed by atoms with Crippen molar-refractivity contribution in [2.75, 3.05) is 6.54 Å². The van der Waals surface area contributed by atoms with Gasteiger partial charge in [0.25, 0.3) is 11.8 Å². The summed E-state index contributed by atoms with van der Waals surface area (Å²) < 4.78 is 18.6. The second kappa shape index (κ2) is 8.46. The smallest absolute Gasteiger partial charge is 0.287 e. The van der Waals surface area contributed by atoms with E-state index in [4.69, 9.17) is 4.42 Å². The number of hydrogen-bond acceptors (Lipinski definition) is 4. The third kappa shape index (κ3) is 4.71. The van der Waals surface area contributed by atoms with Crippen LogP contribution < -0.4 is 16.2 Å². The molecule has 0 atom stereocenters. The second-order valence-corrected chi connectivity index (χ2v) is 6.05. The summed E-state index contributed by atoms with van der Waals surface area (Å²) in [5.41, 5.74) is 7.25. The molecule has 2 amide bonds. The number of carbonyl (C=O) groups excluding carboxylic acids is 2. The van der Waals surface area contributed by atoms with Gasteiger partial charge < -0.3 is 9.73 Å². The Hall–Kier alpha value is -3.19. The van der Waals surface area contributed by atoms with E-state index >= 15 is 0 Å². The van der Waals surface area contributed by atoms with E-state index in [0.717, 1.165) is 12.0 Å². The zero-order chi connectivity index (χ0) is 19.2. The number of hydrogen-bond donors (Lipinski definition) is 3. The fourth-order valence-electron chi connectivity index (χ4n) is 2.51. The molecule has 0 bridgehead atoms. The Kier molecular flexibility index (Phi) is 5.83. The summed E-state index contributed by atoms with van der Waals surface area (Å²) in [6, 6.07) is 12.5. The van der Waals surface area contributed by atoms with Crippen LogP contribution in [0.15, 0.2) is 52.9 Å². The van der Waals surface area contributed by atoms with Crippen molar-refractivity contribution < 1.29 is 18.4 Å². The Morgan fingerprint density at radius 1 is 1.04 bits per heavy atom. The minimum atomic E-state index is -0.391. The minimum absolute atomic E-state index is 0.119. The fraction of sp³-hybridized carbons (Fsp3) is 0.200. The van der Waals surface area contributed by atoms with Crippen molar-refractivity contribution in [3.8, 4) is 0 Å². The average molecular weight is 369 g/mol. The third-order valence-electron chi connectivity index (χ3n) is 3.95. The van der Waals surface area contributed by atoms with Crippen molar-refractivity contribution in [3.05, 3.63) is 71.2 Å². The van der Waals surface area contributed by atoms with Crippen molar-refractivity contribution in [2.24, 2.45) is 0 Å². The number of nitrogens with one attached hydrogen (secondary N) is 3. The van der Waals surface area contributed by atoms with Crippen LogP contribution >= 0.6 is 0 Å². The first kappa shape index (κ1) is 18.6. The molecule has 0 unspecified atom stereocenters. The lowest BCUT2D eigenvalue weighted by Gasteiger charge is -2.07. The first-order valence-electron chi connectivity index (χ1n) is 8.66. The van der Waals surface area contributed by atoms with Crippen LogP contribution in [0.3, 0.4) is 0 Å². The van der Waals surface area contributed by atoms with Crippen LogP contribution in [0, 0.1) is 5.82 Å². The summed E-state index contributed by atoms with van der Waals surface area (Å²) in [5.74, 6) is -0.872. The Bertz CT molecular complexity index is 951. The number of halogens is 1. The molecule has 1 heterocycles. The van der Waals surface area contributed by atoms with Gasteiger partial charge in [-0.15, -0.1) is 0 Å². The molecule has 6 nitrogen and oxygen atoms in total. The largest absolute Gasteiger partial charge is 0.451 e. The number of amides is 2. The van der Waals surface area contributed by atoms with E-state index in [9.17, 15) is 14.0 Å². The predicted octanol–water partition coefficient (Wildman–Crippen LogP) is 3.15. The number of rotatable bonds is 7. The van der Waals surface area contributed by atoms with Crippen molar-refractivity contribution in [1.82, 2.24) is 16.2 Å². The predicted molar refractivity (Wildman–Crippen MR) is 99.5 cm³/mol. The van der Waals surface area contributed by atoms with Crippen molar-refractivity contribution >= 4 is 22.8 Å². The quantitative estimate of drug-likeness (QED) is 0.441. The van der Waals surface area contributed by atoms with Crippen LogP contribution in [-0.4, -0.2) is 18.4 Å². The summed E-state index contributed by atoms with van der Waals surface area (Å²) in [6.07, 6.45) is 0.916. The molecule has 0 aliphatic carbocycles. The Balaban J connectivity index is 1.57. The monoisotopic (exact) mass is 369 g/mol. The molecule has 3 N–H and O–H groups in total. The zero-order valence-electron chi connectivity index (χ0n) is 14.8. The average Bonchev–Trinajstić information content (AvgIpc) is 3.10. The molecule has 7 heteroatoms. The van der Waals surface area contributed by atoms with Crippen LogP contribution in [0.2, 0.25) is 0 Å². The summed E-state index contributed by atoms with van der Waals surface area (Å²) in [6.45, 7) is 2.98. The lowest BCUT2D eigenvalue weighted by Crippen LogP contribution is -2.37. The van der Waals surface area contributed by atoms with Gasteiger partial charge in [0.05, 0.1) is 0 Å². The van der Waals surface area contributed by atoms with Gasteiger partial charge in [0.1, 0.15) is 11.4 Å². The molecule has 27 heavy (non-hydrogen) atoms. The van der Waals surface area contributed by atoms with Gasteiger partial charge in [-0.05, 0) is 48.4 Å². The molecule has 0 saturated carbocycles. The van der Waals surface area contributed by atoms with Gasteiger partial charge in [-0.25, -0.2) is 9.82 Å². The highest BCUT2D eigenvalue weighted by Gasteiger charge is 2.12. The molecule has 0 spiro atoms. The highest BCUT2D eigenvalue weighted by molar-refractivity contribution is 5.96. The van der Waals surface area contributed by atoms with Crippen molar-refractivity contribution in [1.29, 1.82) is 0 Å². The van der Waals surface area contributed by atoms with E-state index in [0.29, 0.717) is 23.1 Å². The Morgan fingerprint density at radius 3 is 2.56 bits per heavy atom. The maximum absolute atomic E-state index is 13.2. The number of carbonyl (C=O) groups is 2. The maximum atomic E-state index is 13.2. The number of benzene rings is 2. The molecule has 3 aromatic rings. The van der Waals surface area contributed by atoms with E-state index in [1.807, 2.05) is 6.92 Å². The first-order valence-corrected chi connectivity index (χ1v) is 8.66. The number of fused-ring (bicyclic) bond motifs is 1. The fourth-order valence-corrected chi connectivity index (χ4v) is 2.51. The molecule has 0 radical (unpaired) electrons. The third-order valence-corrected chi connectivity index (χ3v) is 3.95. The van der Waals surface area contributed by atoms with Crippen molar-refractivity contribution in [3.63, 3.8) is 0 Å². The molecular weight excluding hydrogens is 349 g/mol. The summed E-state index contributed by atoms with van der Waals surface area (Å²) in [5, 5.41) is 3.28. The minimum Gasteiger partial charge on any atom is -0.451 e. The number of hydrazine groups is 1. The normalized spacial score (nSPS) is 10.7. The van der Waals surface area contributed by atoms with E-state index in [2.05, 4.69) is 16.2 Å². The van der Waals surface area contributed by atoms with Crippen LogP contribution in [-0.2, 0) is 6.54 Å². The highest BCUT2D eigenvalue weighted by atomic mass is 19.1. The summed E-state index contributed by atoms with van der Waals surface area (Å²) in [7, 11) is 0. The van der Waals surface area contributed by atoms with Gasteiger partial charge >= 0.3 is 0 Å². The topological polar surface area (TPSA) is 83.4 Å². The number of furan rings is 1. The molecule has 0 aliphatic heterocycles. The molecule has 0 fully saturated rings. The Morgan fingerprint density at radius 2 is 1.81 bits per heavy atom.